The molecule has 11 nitrogen and oxygen atoms in total. The molecule has 0 radical (unpaired) electrons. The lowest BCUT2D eigenvalue weighted by Crippen LogP contribution is -2.57. The molecule has 36 heavy (non-hydrogen) atoms. The minimum absolute atomic E-state index is 0.00900. The van der Waals surface area contributed by atoms with Crippen molar-refractivity contribution in [2.75, 3.05) is 6.54 Å². The van der Waals surface area contributed by atoms with E-state index in [1.807, 2.05) is 0 Å². The summed E-state index contributed by atoms with van der Waals surface area (Å²) >= 11 is 0. The van der Waals surface area contributed by atoms with Crippen molar-refractivity contribution in [2.45, 2.75) is 43.8 Å². The highest BCUT2D eigenvalue weighted by molar-refractivity contribution is 5.94. The van der Waals surface area contributed by atoms with Crippen molar-refractivity contribution in [3.8, 4) is 0 Å². The van der Waals surface area contributed by atoms with Crippen LogP contribution in [0.4, 0.5) is 0 Å². The van der Waals surface area contributed by atoms with Gasteiger partial charge in [-0.3, -0.25) is 24.0 Å². The second-order valence-electron chi connectivity index (χ2n) is 8.22. The highest BCUT2D eigenvalue weighted by Crippen LogP contribution is 2.08. The zero-order valence-electron chi connectivity index (χ0n) is 19.7. The summed E-state index contributed by atoms with van der Waals surface area (Å²) in [6.07, 6.45) is 0.125. The quantitative estimate of drug-likeness (QED) is 0.197. The van der Waals surface area contributed by atoms with E-state index in [2.05, 4.69) is 16.0 Å². The zero-order valence-corrected chi connectivity index (χ0v) is 19.7. The molecule has 8 N–H and O–H groups in total. The van der Waals surface area contributed by atoms with Crippen molar-refractivity contribution in [3.63, 3.8) is 0 Å². The Labute approximate surface area is 208 Å². The van der Waals surface area contributed by atoms with E-state index in [9.17, 15) is 24.0 Å². The van der Waals surface area contributed by atoms with E-state index in [4.69, 9.17) is 16.6 Å². The van der Waals surface area contributed by atoms with Crippen LogP contribution in [0.25, 0.3) is 0 Å². The van der Waals surface area contributed by atoms with Gasteiger partial charge in [-0.1, -0.05) is 60.7 Å². The number of hydrogen-bond donors (Lipinski definition) is 6. The molecule has 0 aliphatic carbocycles. The van der Waals surface area contributed by atoms with Gasteiger partial charge in [0.15, 0.2) is 0 Å². The molecule has 11 heteroatoms. The largest absolute Gasteiger partial charge is 0.480 e. The van der Waals surface area contributed by atoms with Crippen LogP contribution in [0.2, 0.25) is 0 Å². The Hall–Kier alpha value is -4.25. The van der Waals surface area contributed by atoms with E-state index < -0.39 is 54.3 Å². The number of nitrogens with one attached hydrogen (secondary N) is 3. The van der Waals surface area contributed by atoms with Crippen molar-refractivity contribution in [2.24, 2.45) is 11.5 Å². The number of amides is 4. The van der Waals surface area contributed by atoms with Crippen molar-refractivity contribution in [1.29, 1.82) is 0 Å². The SMILES string of the molecule is NC(=O)CC[C@H](N)C(=O)N[C@@H](Cc1ccccc1)C(=O)N[C@@H](Cc1ccccc1)C(=O)NCC(=O)O. The van der Waals surface area contributed by atoms with Crippen LogP contribution in [0.15, 0.2) is 60.7 Å². The number of rotatable bonds is 14. The Bertz CT molecular complexity index is 1050. The number of nitrogens with two attached hydrogens (primary N) is 2. The summed E-state index contributed by atoms with van der Waals surface area (Å²) in [6.45, 7) is -0.612. The molecule has 0 spiro atoms. The van der Waals surface area contributed by atoms with Gasteiger partial charge in [0, 0.05) is 19.3 Å². The smallest absolute Gasteiger partial charge is 0.322 e. The number of carbonyl (C=O) groups excluding carboxylic acids is 4. The van der Waals surface area contributed by atoms with Crippen LogP contribution < -0.4 is 27.4 Å². The minimum atomic E-state index is -1.23. The van der Waals surface area contributed by atoms with E-state index in [0.29, 0.717) is 0 Å². The fourth-order valence-electron chi connectivity index (χ4n) is 3.38. The Morgan fingerprint density at radius 3 is 1.69 bits per heavy atom. The molecular weight excluding hydrogens is 466 g/mol. The van der Waals surface area contributed by atoms with Crippen LogP contribution in [-0.4, -0.2) is 59.4 Å². The molecule has 2 aromatic carbocycles. The van der Waals surface area contributed by atoms with Gasteiger partial charge in [-0.25, -0.2) is 0 Å². The zero-order chi connectivity index (χ0) is 26.5. The molecule has 0 aliphatic heterocycles. The summed E-state index contributed by atoms with van der Waals surface area (Å²) in [4.78, 5) is 60.6. The number of benzene rings is 2. The molecule has 192 valence electrons. The van der Waals surface area contributed by atoms with Gasteiger partial charge in [0.2, 0.25) is 23.6 Å². The third kappa shape index (κ3) is 9.94. The first-order chi connectivity index (χ1) is 17.2. The molecule has 0 heterocycles. The summed E-state index contributed by atoms with van der Waals surface area (Å²) in [5.41, 5.74) is 12.5. The number of hydrogen-bond acceptors (Lipinski definition) is 6. The van der Waals surface area contributed by atoms with Crippen molar-refractivity contribution in [3.05, 3.63) is 71.8 Å². The number of carboxylic acids is 1. The van der Waals surface area contributed by atoms with Gasteiger partial charge in [0.05, 0.1) is 6.04 Å². The fourth-order valence-corrected chi connectivity index (χ4v) is 3.38. The van der Waals surface area contributed by atoms with E-state index in [1.165, 1.54) is 0 Å². The number of carbonyl (C=O) groups is 5. The van der Waals surface area contributed by atoms with Crippen LogP contribution >= 0.6 is 0 Å². The molecule has 2 aromatic rings. The lowest BCUT2D eigenvalue weighted by molar-refractivity contribution is -0.138. The molecule has 2 rings (SSSR count). The van der Waals surface area contributed by atoms with Crippen LogP contribution in [0.3, 0.4) is 0 Å². The van der Waals surface area contributed by atoms with Gasteiger partial charge < -0.3 is 32.5 Å². The van der Waals surface area contributed by atoms with Crippen molar-refractivity contribution in [1.82, 2.24) is 16.0 Å². The van der Waals surface area contributed by atoms with Crippen molar-refractivity contribution >= 4 is 29.6 Å². The molecule has 0 unspecified atom stereocenters. The molecule has 0 bridgehead atoms. The molecule has 3 atom stereocenters. The van der Waals surface area contributed by atoms with Gasteiger partial charge in [-0.2, -0.15) is 0 Å². The number of carboxylic acid groups (broad SMARTS) is 1. The fraction of sp³-hybridized carbons (Fsp3) is 0.320. The second-order valence-corrected chi connectivity index (χ2v) is 8.22. The third-order valence-corrected chi connectivity index (χ3v) is 5.28. The lowest BCUT2D eigenvalue weighted by Gasteiger charge is -2.24. The van der Waals surface area contributed by atoms with Crippen LogP contribution in [0.5, 0.6) is 0 Å². The maximum absolute atomic E-state index is 13.3. The molecule has 0 aromatic heterocycles. The summed E-state index contributed by atoms with van der Waals surface area (Å²) in [6, 6.07) is 14.5. The maximum atomic E-state index is 13.3. The van der Waals surface area contributed by atoms with Crippen LogP contribution in [0, 0.1) is 0 Å². The molecule has 0 fully saturated rings. The van der Waals surface area contributed by atoms with Gasteiger partial charge in [0.25, 0.3) is 0 Å². The third-order valence-electron chi connectivity index (χ3n) is 5.28. The molecule has 4 amide bonds. The van der Waals surface area contributed by atoms with E-state index in [1.54, 1.807) is 60.7 Å². The van der Waals surface area contributed by atoms with Gasteiger partial charge >= 0.3 is 5.97 Å². The molecule has 0 aliphatic rings. The first-order valence-electron chi connectivity index (χ1n) is 11.4. The highest BCUT2D eigenvalue weighted by Gasteiger charge is 2.29. The maximum Gasteiger partial charge on any atom is 0.322 e. The van der Waals surface area contributed by atoms with Gasteiger partial charge in [0.1, 0.15) is 18.6 Å². The summed E-state index contributed by atoms with van der Waals surface area (Å²) in [5.74, 6) is -3.82. The van der Waals surface area contributed by atoms with Gasteiger partial charge in [-0.05, 0) is 17.5 Å². The average Bonchev–Trinajstić information content (AvgIpc) is 2.86. The van der Waals surface area contributed by atoms with Gasteiger partial charge in [-0.15, -0.1) is 0 Å². The Morgan fingerprint density at radius 1 is 0.750 bits per heavy atom. The topological polar surface area (TPSA) is 194 Å². The monoisotopic (exact) mass is 497 g/mol. The molecule has 0 saturated carbocycles. The van der Waals surface area contributed by atoms with Crippen LogP contribution in [0.1, 0.15) is 24.0 Å². The summed E-state index contributed by atoms with van der Waals surface area (Å²) in [7, 11) is 0. The standard InChI is InChI=1S/C25H31N5O6/c26-18(11-12-21(27)31)23(34)29-20(14-17-9-5-2-6-10-17)25(36)30-19(24(35)28-15-22(32)33)13-16-7-3-1-4-8-16/h1-10,18-20H,11-15,26H2,(H2,27,31)(H,28,35)(H,29,34)(H,30,36)(H,32,33)/t18-,19-,20-/m0/s1. The predicted octanol–water partition coefficient (Wildman–Crippen LogP) is -0.765. The molecule has 0 saturated heterocycles. The summed E-state index contributed by atoms with van der Waals surface area (Å²) in [5, 5.41) is 16.4. The normalized spacial score (nSPS) is 13.0. The van der Waals surface area contributed by atoms with E-state index in [-0.39, 0.29) is 25.7 Å². The first kappa shape index (κ1) is 28.0. The molecular formula is C25H31N5O6. The van der Waals surface area contributed by atoms with Crippen LogP contribution in [-0.2, 0) is 36.8 Å². The minimum Gasteiger partial charge on any atom is -0.480 e. The van der Waals surface area contributed by atoms with E-state index >= 15 is 0 Å². The number of primary amides is 1. The first-order valence-corrected chi connectivity index (χ1v) is 11.4. The average molecular weight is 498 g/mol. The summed E-state index contributed by atoms with van der Waals surface area (Å²) < 4.78 is 0. The Morgan fingerprint density at radius 2 is 1.22 bits per heavy atom. The lowest BCUT2D eigenvalue weighted by atomic mass is 10.0. The Kier molecular flexibility index (Phi) is 11.1. The van der Waals surface area contributed by atoms with E-state index in [0.717, 1.165) is 11.1 Å². The number of aliphatic carboxylic acids is 1. The van der Waals surface area contributed by atoms with Crippen molar-refractivity contribution < 1.29 is 29.1 Å². The Balaban J connectivity index is 2.21. The highest BCUT2D eigenvalue weighted by atomic mass is 16.4. The predicted molar refractivity (Wildman–Crippen MR) is 131 cm³/mol. The second kappa shape index (κ2) is 14.2.